The monoisotopic (exact) mass is 328 g/mol. The SMILES string of the molecule is Cn1cc(N2CCC[C@@H](NC[C@H]3CCCn4ccnc43)C2=O)cn1. The average Bonchev–Trinajstić information content (AvgIpc) is 3.23. The molecule has 4 rings (SSSR count). The first kappa shape index (κ1) is 15.4. The molecule has 4 heterocycles. The number of anilines is 1. The van der Waals surface area contributed by atoms with E-state index in [0.717, 1.165) is 50.4 Å². The number of nitrogens with zero attached hydrogens (tertiary/aromatic N) is 5. The summed E-state index contributed by atoms with van der Waals surface area (Å²) < 4.78 is 3.97. The normalized spacial score (nSPS) is 24.2. The van der Waals surface area contributed by atoms with Crippen LogP contribution in [-0.2, 0) is 18.4 Å². The Morgan fingerprint density at radius 3 is 3.00 bits per heavy atom. The molecule has 24 heavy (non-hydrogen) atoms. The molecule has 0 aliphatic carbocycles. The van der Waals surface area contributed by atoms with Gasteiger partial charge in [0.25, 0.3) is 0 Å². The smallest absolute Gasteiger partial charge is 0.244 e. The van der Waals surface area contributed by atoms with E-state index in [2.05, 4.69) is 26.2 Å². The third-order valence-electron chi connectivity index (χ3n) is 5.12. The van der Waals surface area contributed by atoms with E-state index in [9.17, 15) is 4.79 Å². The predicted molar refractivity (Wildman–Crippen MR) is 90.8 cm³/mol. The zero-order chi connectivity index (χ0) is 16.5. The molecule has 0 saturated carbocycles. The van der Waals surface area contributed by atoms with Crippen LogP contribution in [0.3, 0.4) is 0 Å². The number of piperidine rings is 1. The molecule has 7 nitrogen and oxygen atoms in total. The van der Waals surface area contributed by atoms with Gasteiger partial charge in [0.15, 0.2) is 0 Å². The number of imidazole rings is 1. The van der Waals surface area contributed by atoms with E-state index in [-0.39, 0.29) is 11.9 Å². The molecule has 1 fully saturated rings. The molecule has 2 aliphatic rings. The van der Waals surface area contributed by atoms with Gasteiger partial charge in [-0.05, 0) is 25.7 Å². The molecule has 0 aromatic carbocycles. The molecule has 1 N–H and O–H groups in total. The molecule has 0 bridgehead atoms. The minimum atomic E-state index is -0.107. The number of carbonyl (C=O) groups excluding carboxylic acids is 1. The molecule has 2 atom stereocenters. The van der Waals surface area contributed by atoms with Crippen molar-refractivity contribution in [3.63, 3.8) is 0 Å². The van der Waals surface area contributed by atoms with Crippen molar-refractivity contribution in [2.75, 3.05) is 18.0 Å². The third-order valence-corrected chi connectivity index (χ3v) is 5.12. The van der Waals surface area contributed by atoms with Gasteiger partial charge in [0.2, 0.25) is 5.91 Å². The Labute approximate surface area is 141 Å². The third kappa shape index (κ3) is 2.84. The largest absolute Gasteiger partial charge is 0.335 e. The Morgan fingerprint density at radius 1 is 1.29 bits per heavy atom. The average molecular weight is 328 g/mol. The predicted octanol–water partition coefficient (Wildman–Crippen LogP) is 1.28. The summed E-state index contributed by atoms with van der Waals surface area (Å²) in [5.41, 5.74) is 0.891. The van der Waals surface area contributed by atoms with Gasteiger partial charge in [0, 0.05) is 51.2 Å². The molecule has 0 radical (unpaired) electrons. The molecule has 0 spiro atoms. The Hall–Kier alpha value is -2.15. The minimum Gasteiger partial charge on any atom is -0.335 e. The van der Waals surface area contributed by atoms with Crippen LogP contribution in [-0.4, -0.2) is 44.4 Å². The van der Waals surface area contributed by atoms with Gasteiger partial charge in [-0.1, -0.05) is 0 Å². The van der Waals surface area contributed by atoms with Crippen LogP contribution < -0.4 is 10.2 Å². The number of fused-ring (bicyclic) bond motifs is 1. The molecule has 1 saturated heterocycles. The highest BCUT2D eigenvalue weighted by molar-refractivity contribution is 5.97. The van der Waals surface area contributed by atoms with Crippen molar-refractivity contribution in [3.8, 4) is 0 Å². The molecule has 2 aromatic heterocycles. The Morgan fingerprint density at radius 2 is 2.17 bits per heavy atom. The number of carbonyl (C=O) groups is 1. The highest BCUT2D eigenvalue weighted by Crippen LogP contribution is 2.26. The van der Waals surface area contributed by atoms with Crippen molar-refractivity contribution in [3.05, 3.63) is 30.6 Å². The van der Waals surface area contributed by atoms with Crippen molar-refractivity contribution < 1.29 is 4.79 Å². The Kier molecular flexibility index (Phi) is 4.10. The van der Waals surface area contributed by atoms with Crippen LogP contribution in [0.1, 0.15) is 37.4 Å². The number of nitrogens with one attached hydrogen (secondary N) is 1. The number of hydrogen-bond acceptors (Lipinski definition) is 4. The quantitative estimate of drug-likeness (QED) is 0.918. The van der Waals surface area contributed by atoms with E-state index in [1.165, 1.54) is 6.42 Å². The van der Waals surface area contributed by atoms with E-state index < -0.39 is 0 Å². The molecule has 0 unspecified atom stereocenters. The zero-order valence-corrected chi connectivity index (χ0v) is 14.1. The van der Waals surface area contributed by atoms with Gasteiger partial charge in [-0.15, -0.1) is 0 Å². The topological polar surface area (TPSA) is 68.0 Å². The molecular weight excluding hydrogens is 304 g/mol. The molecular formula is C17H24N6O. The fourth-order valence-corrected chi connectivity index (χ4v) is 3.85. The van der Waals surface area contributed by atoms with Crippen molar-refractivity contribution in [2.45, 2.75) is 44.2 Å². The lowest BCUT2D eigenvalue weighted by Crippen LogP contribution is -2.51. The number of hydrogen-bond donors (Lipinski definition) is 1. The van der Waals surface area contributed by atoms with Gasteiger partial charge in [0.1, 0.15) is 5.82 Å². The second-order valence-corrected chi connectivity index (χ2v) is 6.78. The first-order valence-electron chi connectivity index (χ1n) is 8.77. The van der Waals surface area contributed by atoms with Crippen molar-refractivity contribution >= 4 is 11.6 Å². The number of amides is 1. The van der Waals surface area contributed by atoms with Crippen LogP contribution in [0, 0.1) is 0 Å². The summed E-state index contributed by atoms with van der Waals surface area (Å²) in [6.07, 6.45) is 11.8. The summed E-state index contributed by atoms with van der Waals surface area (Å²) in [5, 5.41) is 7.69. The van der Waals surface area contributed by atoms with Crippen LogP contribution >= 0.6 is 0 Å². The summed E-state index contributed by atoms with van der Waals surface area (Å²) in [5.74, 6) is 1.71. The van der Waals surface area contributed by atoms with Gasteiger partial charge in [-0.3, -0.25) is 9.48 Å². The zero-order valence-electron chi connectivity index (χ0n) is 14.1. The lowest BCUT2D eigenvalue weighted by molar-refractivity contribution is -0.121. The Bertz CT molecular complexity index is 720. The van der Waals surface area contributed by atoms with E-state index in [4.69, 9.17) is 0 Å². The second kappa shape index (κ2) is 6.39. The molecule has 128 valence electrons. The molecule has 1 amide bonds. The maximum atomic E-state index is 12.8. The fraction of sp³-hybridized carbons (Fsp3) is 0.588. The maximum Gasteiger partial charge on any atom is 0.244 e. The Balaban J connectivity index is 1.41. The highest BCUT2D eigenvalue weighted by Gasteiger charge is 2.31. The van der Waals surface area contributed by atoms with Crippen LogP contribution in [0.5, 0.6) is 0 Å². The van der Waals surface area contributed by atoms with Crippen LogP contribution in [0.25, 0.3) is 0 Å². The van der Waals surface area contributed by atoms with Gasteiger partial charge in [0.05, 0.1) is 17.9 Å². The first-order chi connectivity index (χ1) is 11.7. The maximum absolute atomic E-state index is 12.8. The van der Waals surface area contributed by atoms with Crippen LogP contribution in [0.4, 0.5) is 5.69 Å². The van der Waals surface area contributed by atoms with Crippen molar-refractivity contribution in [2.24, 2.45) is 7.05 Å². The summed E-state index contributed by atoms with van der Waals surface area (Å²) in [4.78, 5) is 19.2. The van der Waals surface area contributed by atoms with E-state index in [1.54, 1.807) is 10.9 Å². The lowest BCUT2D eigenvalue weighted by atomic mass is 9.97. The first-order valence-corrected chi connectivity index (χ1v) is 8.77. The van der Waals surface area contributed by atoms with E-state index >= 15 is 0 Å². The van der Waals surface area contributed by atoms with Crippen molar-refractivity contribution in [1.82, 2.24) is 24.6 Å². The van der Waals surface area contributed by atoms with Crippen LogP contribution in [0.15, 0.2) is 24.8 Å². The van der Waals surface area contributed by atoms with Gasteiger partial charge >= 0.3 is 0 Å². The minimum absolute atomic E-state index is 0.107. The summed E-state index contributed by atoms with van der Waals surface area (Å²) in [6.45, 7) is 2.65. The van der Waals surface area contributed by atoms with E-state index in [0.29, 0.717) is 5.92 Å². The van der Waals surface area contributed by atoms with Gasteiger partial charge in [-0.2, -0.15) is 5.10 Å². The number of aryl methyl sites for hydroxylation is 2. The van der Waals surface area contributed by atoms with Crippen LogP contribution in [0.2, 0.25) is 0 Å². The standard InChI is InChI=1S/C17H24N6O/c1-21-12-14(11-20-21)23-8-3-5-15(17(23)24)19-10-13-4-2-7-22-9-6-18-16(13)22/h6,9,11-13,15,19H,2-5,7-8,10H2,1H3/t13-,15-/m1/s1. The summed E-state index contributed by atoms with van der Waals surface area (Å²) in [7, 11) is 1.87. The number of aromatic nitrogens is 4. The number of rotatable bonds is 4. The fourth-order valence-electron chi connectivity index (χ4n) is 3.85. The highest BCUT2D eigenvalue weighted by atomic mass is 16.2. The molecule has 2 aliphatic heterocycles. The van der Waals surface area contributed by atoms with Gasteiger partial charge in [-0.25, -0.2) is 4.98 Å². The van der Waals surface area contributed by atoms with Crippen molar-refractivity contribution in [1.29, 1.82) is 0 Å². The van der Waals surface area contributed by atoms with E-state index in [1.807, 2.05) is 24.3 Å². The van der Waals surface area contributed by atoms with Gasteiger partial charge < -0.3 is 14.8 Å². The summed E-state index contributed by atoms with van der Waals surface area (Å²) >= 11 is 0. The summed E-state index contributed by atoms with van der Waals surface area (Å²) in [6, 6.07) is -0.107. The lowest BCUT2D eigenvalue weighted by Gasteiger charge is -2.33. The molecule has 2 aromatic rings. The molecule has 7 heteroatoms. The second-order valence-electron chi connectivity index (χ2n) is 6.78.